The van der Waals surface area contributed by atoms with Crippen LogP contribution in [0, 0.1) is 12.3 Å². The van der Waals surface area contributed by atoms with Crippen LogP contribution in [0.1, 0.15) is 12.0 Å². The fourth-order valence-electron chi connectivity index (χ4n) is 2.20. The summed E-state index contributed by atoms with van der Waals surface area (Å²) < 4.78 is 10.7. The zero-order chi connectivity index (χ0) is 21.2. The second kappa shape index (κ2) is 11.0. The lowest BCUT2D eigenvalue weighted by Gasteiger charge is -2.11. The van der Waals surface area contributed by atoms with E-state index < -0.39 is 18.2 Å². The maximum Gasteiger partial charge on any atom is 0.249 e. The molecule has 0 bridgehead atoms. The van der Waals surface area contributed by atoms with Gasteiger partial charge >= 0.3 is 0 Å². The standard InChI is InChI=1S/C20H17Cl2N3O4/c1-3-9-29-20-13(5-4-6-17(20)28-2)12-23-25-19(27)11-18(26)24-14-7-8-15(21)16(22)10-14/h1,4-8,10,12H,9,11H2,2H3,(H,24,26)(H,25,27). The predicted molar refractivity (Wildman–Crippen MR) is 113 cm³/mol. The van der Waals surface area contributed by atoms with Crippen LogP contribution in [0.2, 0.25) is 10.0 Å². The number of hydrogen-bond acceptors (Lipinski definition) is 5. The number of terminal acetylenes is 1. The van der Waals surface area contributed by atoms with Crippen molar-refractivity contribution in [2.45, 2.75) is 6.42 Å². The van der Waals surface area contributed by atoms with Crippen molar-refractivity contribution in [2.24, 2.45) is 5.10 Å². The normalized spacial score (nSPS) is 10.3. The van der Waals surface area contributed by atoms with Crippen LogP contribution in [0.4, 0.5) is 5.69 Å². The molecule has 2 aromatic rings. The van der Waals surface area contributed by atoms with Gasteiger partial charge in [0.25, 0.3) is 0 Å². The fraction of sp³-hybridized carbons (Fsp3) is 0.150. The van der Waals surface area contributed by atoms with Crippen molar-refractivity contribution in [3.63, 3.8) is 0 Å². The number of ether oxygens (including phenoxy) is 2. The van der Waals surface area contributed by atoms with E-state index in [1.165, 1.54) is 25.5 Å². The molecule has 0 heterocycles. The van der Waals surface area contributed by atoms with Gasteiger partial charge in [0.2, 0.25) is 11.8 Å². The molecule has 7 nitrogen and oxygen atoms in total. The molecule has 0 aliphatic carbocycles. The number of methoxy groups -OCH3 is 1. The molecule has 0 spiro atoms. The van der Waals surface area contributed by atoms with Crippen LogP contribution in [0.3, 0.4) is 0 Å². The van der Waals surface area contributed by atoms with Crippen LogP contribution in [0.5, 0.6) is 11.5 Å². The molecule has 2 amide bonds. The second-order valence-electron chi connectivity index (χ2n) is 5.52. The van der Waals surface area contributed by atoms with E-state index in [1.54, 1.807) is 24.3 Å². The van der Waals surface area contributed by atoms with Gasteiger partial charge < -0.3 is 14.8 Å². The van der Waals surface area contributed by atoms with Crippen LogP contribution >= 0.6 is 23.2 Å². The number of nitrogens with one attached hydrogen (secondary N) is 2. The first-order valence-corrected chi connectivity index (χ1v) is 9.00. The number of hydrazone groups is 1. The Bertz CT molecular complexity index is 971. The lowest BCUT2D eigenvalue weighted by Crippen LogP contribution is -2.24. The van der Waals surface area contributed by atoms with Crippen LogP contribution in [-0.4, -0.2) is 31.7 Å². The van der Waals surface area contributed by atoms with E-state index in [-0.39, 0.29) is 6.61 Å². The summed E-state index contributed by atoms with van der Waals surface area (Å²) in [6.45, 7) is 0.0441. The summed E-state index contributed by atoms with van der Waals surface area (Å²) in [7, 11) is 1.49. The van der Waals surface area contributed by atoms with E-state index in [9.17, 15) is 9.59 Å². The Morgan fingerprint density at radius 2 is 2.00 bits per heavy atom. The Kier molecular flexibility index (Phi) is 8.34. The highest BCUT2D eigenvalue weighted by atomic mass is 35.5. The lowest BCUT2D eigenvalue weighted by atomic mass is 10.2. The Morgan fingerprint density at radius 3 is 2.69 bits per heavy atom. The van der Waals surface area contributed by atoms with Crippen molar-refractivity contribution < 1.29 is 19.1 Å². The van der Waals surface area contributed by atoms with E-state index in [1.807, 2.05) is 0 Å². The van der Waals surface area contributed by atoms with E-state index in [0.29, 0.717) is 32.8 Å². The van der Waals surface area contributed by atoms with Gasteiger partial charge in [-0.2, -0.15) is 5.10 Å². The summed E-state index contributed by atoms with van der Waals surface area (Å²) >= 11 is 11.7. The van der Waals surface area contributed by atoms with Crippen LogP contribution in [-0.2, 0) is 9.59 Å². The summed E-state index contributed by atoms with van der Waals surface area (Å²) in [6, 6.07) is 9.74. The molecule has 0 unspecified atom stereocenters. The molecule has 0 saturated heterocycles. The first-order chi connectivity index (χ1) is 13.9. The number of para-hydroxylation sites is 1. The Labute approximate surface area is 178 Å². The molecule has 0 aliphatic rings. The molecular formula is C20H17Cl2N3O4. The molecule has 0 atom stereocenters. The number of anilines is 1. The average molecular weight is 434 g/mol. The smallest absolute Gasteiger partial charge is 0.249 e. The average Bonchev–Trinajstić information content (AvgIpc) is 2.69. The largest absolute Gasteiger partial charge is 0.493 e. The minimum absolute atomic E-state index is 0.0441. The highest BCUT2D eigenvalue weighted by Crippen LogP contribution is 2.30. The zero-order valence-electron chi connectivity index (χ0n) is 15.4. The third kappa shape index (κ3) is 6.71. The topological polar surface area (TPSA) is 89.0 Å². The number of hydrogen-bond donors (Lipinski definition) is 2. The molecule has 2 aromatic carbocycles. The van der Waals surface area contributed by atoms with E-state index >= 15 is 0 Å². The maximum absolute atomic E-state index is 12.0. The third-order valence-corrected chi connectivity index (χ3v) is 4.19. The molecule has 0 aromatic heterocycles. The third-order valence-electron chi connectivity index (χ3n) is 3.45. The van der Waals surface area contributed by atoms with Gasteiger partial charge in [-0.1, -0.05) is 35.2 Å². The van der Waals surface area contributed by atoms with Gasteiger partial charge in [0, 0.05) is 11.3 Å². The van der Waals surface area contributed by atoms with Crippen molar-refractivity contribution in [3.05, 3.63) is 52.0 Å². The molecule has 0 radical (unpaired) electrons. The maximum atomic E-state index is 12.0. The quantitative estimate of drug-likeness (QED) is 0.288. The SMILES string of the molecule is C#CCOc1c(C=NNC(=O)CC(=O)Nc2ccc(Cl)c(Cl)c2)cccc1OC. The molecule has 29 heavy (non-hydrogen) atoms. The summed E-state index contributed by atoms with van der Waals surface area (Å²) in [4.78, 5) is 23.9. The zero-order valence-corrected chi connectivity index (χ0v) is 16.9. The minimum atomic E-state index is -0.604. The van der Waals surface area contributed by atoms with Crippen LogP contribution < -0.4 is 20.2 Å². The number of carbonyl (C=O) groups excluding carboxylic acids is 2. The fourth-order valence-corrected chi connectivity index (χ4v) is 2.50. The molecule has 2 N–H and O–H groups in total. The summed E-state index contributed by atoms with van der Waals surface area (Å²) in [5.41, 5.74) is 3.24. The number of benzene rings is 2. The number of rotatable bonds is 8. The van der Waals surface area contributed by atoms with E-state index in [4.69, 9.17) is 39.1 Å². The monoisotopic (exact) mass is 433 g/mol. The predicted octanol–water partition coefficient (Wildman–Crippen LogP) is 3.49. The second-order valence-corrected chi connectivity index (χ2v) is 6.33. The van der Waals surface area contributed by atoms with Crippen LogP contribution in [0.25, 0.3) is 0 Å². The van der Waals surface area contributed by atoms with E-state index in [0.717, 1.165) is 0 Å². The summed E-state index contributed by atoms with van der Waals surface area (Å²) in [5.74, 6) is 2.09. The van der Waals surface area contributed by atoms with Crippen molar-refractivity contribution in [2.75, 3.05) is 19.0 Å². The highest BCUT2D eigenvalue weighted by molar-refractivity contribution is 6.42. The van der Waals surface area contributed by atoms with Gasteiger partial charge in [-0.3, -0.25) is 9.59 Å². The summed E-state index contributed by atoms with van der Waals surface area (Å²) in [6.07, 6.45) is 6.15. The number of amides is 2. The molecule has 0 fully saturated rings. The van der Waals surface area contributed by atoms with Gasteiger partial charge in [-0.05, 0) is 30.3 Å². The van der Waals surface area contributed by atoms with E-state index in [2.05, 4.69) is 21.8 Å². The Balaban J connectivity index is 1.94. The minimum Gasteiger partial charge on any atom is -0.493 e. The first kappa shape index (κ1) is 22.1. The van der Waals surface area contributed by atoms with Crippen LogP contribution in [0.15, 0.2) is 41.5 Å². The highest BCUT2D eigenvalue weighted by Gasteiger charge is 2.11. The van der Waals surface area contributed by atoms with Gasteiger partial charge in [-0.15, -0.1) is 6.42 Å². The van der Waals surface area contributed by atoms with Crippen molar-refractivity contribution in [1.82, 2.24) is 5.43 Å². The number of halogens is 2. The number of nitrogens with zero attached hydrogens (tertiary/aromatic N) is 1. The first-order valence-electron chi connectivity index (χ1n) is 8.24. The molecule has 0 aliphatic heterocycles. The summed E-state index contributed by atoms with van der Waals surface area (Å²) in [5, 5.41) is 7.04. The van der Waals surface area contributed by atoms with Gasteiger partial charge in [0.1, 0.15) is 13.0 Å². The van der Waals surface area contributed by atoms with Gasteiger partial charge in [0.05, 0.1) is 23.4 Å². The Morgan fingerprint density at radius 1 is 1.21 bits per heavy atom. The van der Waals surface area contributed by atoms with Gasteiger partial charge in [-0.25, -0.2) is 5.43 Å². The molecule has 9 heteroatoms. The molecule has 0 saturated carbocycles. The Hall–Kier alpha value is -3.21. The molecule has 150 valence electrons. The lowest BCUT2D eigenvalue weighted by molar-refractivity contribution is -0.126. The van der Waals surface area contributed by atoms with Crippen molar-refractivity contribution >= 4 is 46.9 Å². The number of carbonyl (C=O) groups is 2. The molecular weight excluding hydrogens is 417 g/mol. The van der Waals surface area contributed by atoms with Gasteiger partial charge in [0.15, 0.2) is 11.5 Å². The van der Waals surface area contributed by atoms with Crippen molar-refractivity contribution in [3.8, 4) is 23.8 Å². The van der Waals surface area contributed by atoms with Crippen molar-refractivity contribution in [1.29, 1.82) is 0 Å². The molecule has 2 rings (SSSR count).